The van der Waals surface area contributed by atoms with E-state index < -0.39 is 11.5 Å². The Kier molecular flexibility index (Phi) is 6.25. The minimum Gasteiger partial charge on any atom is -0.485 e. The molecule has 1 saturated heterocycles. The number of nitrogens with one attached hydrogen (secondary N) is 1. The van der Waals surface area contributed by atoms with Crippen LogP contribution in [0.2, 0.25) is 0 Å². The molecule has 1 aliphatic heterocycles. The molecular formula is C19H23N3O6. The third-order valence-electron chi connectivity index (χ3n) is 4.62. The van der Waals surface area contributed by atoms with Gasteiger partial charge in [0.1, 0.15) is 5.75 Å². The Morgan fingerprint density at radius 3 is 2.57 bits per heavy atom. The Balaban J connectivity index is 1.60. The summed E-state index contributed by atoms with van der Waals surface area (Å²) < 4.78 is 15.9. The van der Waals surface area contributed by atoms with Crippen molar-refractivity contribution < 1.29 is 28.7 Å². The van der Waals surface area contributed by atoms with Gasteiger partial charge >= 0.3 is 5.97 Å². The molecule has 150 valence electrons. The predicted octanol–water partition coefficient (Wildman–Crippen LogP) is 1.96. The number of aliphatic carboxylic acids is 1. The number of benzene rings is 1. The summed E-state index contributed by atoms with van der Waals surface area (Å²) in [7, 11) is 0. The molecule has 0 radical (unpaired) electrons. The van der Waals surface area contributed by atoms with Gasteiger partial charge in [0.25, 0.3) is 5.91 Å². The van der Waals surface area contributed by atoms with Gasteiger partial charge in [-0.1, -0.05) is 12.1 Å². The number of carbonyl (C=O) groups is 2. The standard InChI is InChI=1S/C19H23N3O6/c1-2-16-20-15(22-28-16)12-27-14-5-3-13(4-6-14)18(25)21-19(11-17(23)24)7-9-26-10-8-19/h3-6H,2,7-12H2,1H3,(H,21,25)(H,23,24). The fourth-order valence-corrected chi connectivity index (χ4v) is 3.05. The molecule has 2 N–H and O–H groups in total. The van der Waals surface area contributed by atoms with Crippen LogP contribution in [0.3, 0.4) is 0 Å². The molecule has 1 fully saturated rings. The molecule has 0 aliphatic carbocycles. The monoisotopic (exact) mass is 389 g/mol. The summed E-state index contributed by atoms with van der Waals surface area (Å²) in [5.41, 5.74) is -0.359. The van der Waals surface area contributed by atoms with Gasteiger partial charge in [-0.25, -0.2) is 0 Å². The van der Waals surface area contributed by atoms with E-state index in [0.717, 1.165) is 0 Å². The summed E-state index contributed by atoms with van der Waals surface area (Å²) in [6.07, 6.45) is 1.47. The van der Waals surface area contributed by atoms with E-state index in [0.29, 0.717) is 55.5 Å². The molecule has 1 aromatic carbocycles. The topological polar surface area (TPSA) is 124 Å². The molecule has 28 heavy (non-hydrogen) atoms. The zero-order chi connectivity index (χ0) is 20.0. The van der Waals surface area contributed by atoms with Crippen LogP contribution in [-0.2, 0) is 22.6 Å². The second-order valence-corrected chi connectivity index (χ2v) is 6.69. The average Bonchev–Trinajstić information content (AvgIpc) is 3.15. The maximum Gasteiger partial charge on any atom is 0.305 e. The van der Waals surface area contributed by atoms with Crippen molar-refractivity contribution in [3.63, 3.8) is 0 Å². The quantitative estimate of drug-likeness (QED) is 0.702. The highest BCUT2D eigenvalue weighted by Crippen LogP contribution is 2.25. The van der Waals surface area contributed by atoms with Crippen LogP contribution in [0.25, 0.3) is 0 Å². The molecule has 1 aliphatic rings. The molecule has 0 unspecified atom stereocenters. The molecule has 1 aromatic heterocycles. The van der Waals surface area contributed by atoms with E-state index in [1.54, 1.807) is 24.3 Å². The third-order valence-corrected chi connectivity index (χ3v) is 4.62. The molecule has 0 atom stereocenters. The van der Waals surface area contributed by atoms with Crippen LogP contribution in [-0.4, -0.2) is 45.9 Å². The van der Waals surface area contributed by atoms with Gasteiger partial charge in [0.2, 0.25) is 11.7 Å². The van der Waals surface area contributed by atoms with Crippen molar-refractivity contribution in [2.45, 2.75) is 44.8 Å². The fraction of sp³-hybridized carbons (Fsp3) is 0.474. The molecule has 9 heteroatoms. The average molecular weight is 389 g/mol. The van der Waals surface area contributed by atoms with Gasteiger partial charge in [-0.2, -0.15) is 4.98 Å². The van der Waals surface area contributed by atoms with Gasteiger partial charge in [-0.15, -0.1) is 0 Å². The van der Waals surface area contributed by atoms with E-state index in [1.165, 1.54) is 0 Å². The normalized spacial score (nSPS) is 15.8. The number of ether oxygens (including phenoxy) is 2. The fourth-order valence-electron chi connectivity index (χ4n) is 3.05. The van der Waals surface area contributed by atoms with E-state index >= 15 is 0 Å². The number of nitrogens with zero attached hydrogens (tertiary/aromatic N) is 2. The number of hydrogen-bond acceptors (Lipinski definition) is 7. The molecule has 0 saturated carbocycles. The maximum atomic E-state index is 12.6. The number of amides is 1. The Bertz CT molecular complexity index is 811. The number of carbonyl (C=O) groups excluding carboxylic acids is 1. The van der Waals surface area contributed by atoms with Crippen molar-refractivity contribution in [3.8, 4) is 5.75 Å². The molecule has 1 amide bonds. The smallest absolute Gasteiger partial charge is 0.305 e. The van der Waals surface area contributed by atoms with E-state index in [2.05, 4.69) is 15.5 Å². The van der Waals surface area contributed by atoms with Crippen LogP contribution in [0.1, 0.15) is 48.3 Å². The summed E-state index contributed by atoms with van der Waals surface area (Å²) in [5, 5.41) is 15.9. The van der Waals surface area contributed by atoms with E-state index in [4.69, 9.17) is 14.0 Å². The lowest BCUT2D eigenvalue weighted by molar-refractivity contribution is -0.139. The zero-order valence-corrected chi connectivity index (χ0v) is 15.6. The van der Waals surface area contributed by atoms with Crippen molar-refractivity contribution in [1.82, 2.24) is 15.5 Å². The van der Waals surface area contributed by atoms with E-state index in [-0.39, 0.29) is 18.9 Å². The SMILES string of the molecule is CCc1nc(COc2ccc(C(=O)NC3(CC(=O)O)CCOCC3)cc2)no1. The number of hydrogen-bond donors (Lipinski definition) is 2. The number of rotatable bonds is 8. The minimum atomic E-state index is -0.946. The highest BCUT2D eigenvalue weighted by atomic mass is 16.5. The first-order valence-corrected chi connectivity index (χ1v) is 9.16. The Morgan fingerprint density at radius 2 is 1.96 bits per heavy atom. The molecule has 9 nitrogen and oxygen atoms in total. The second-order valence-electron chi connectivity index (χ2n) is 6.69. The van der Waals surface area contributed by atoms with Gasteiger partial charge in [-0.05, 0) is 37.1 Å². The molecular weight excluding hydrogens is 366 g/mol. The van der Waals surface area contributed by atoms with Crippen LogP contribution in [0.4, 0.5) is 0 Å². The summed E-state index contributed by atoms with van der Waals surface area (Å²) in [5.74, 6) is 0.299. The molecule has 0 spiro atoms. The van der Waals surface area contributed by atoms with Crippen LogP contribution in [0.15, 0.2) is 28.8 Å². The maximum absolute atomic E-state index is 12.6. The van der Waals surface area contributed by atoms with Gasteiger partial charge in [0.05, 0.1) is 12.0 Å². The molecule has 0 bridgehead atoms. The largest absolute Gasteiger partial charge is 0.485 e. The number of carboxylic acids is 1. The second kappa shape index (κ2) is 8.83. The Morgan fingerprint density at radius 1 is 1.25 bits per heavy atom. The van der Waals surface area contributed by atoms with Crippen LogP contribution in [0, 0.1) is 0 Å². The lowest BCUT2D eigenvalue weighted by atomic mass is 9.86. The van der Waals surface area contributed by atoms with Crippen molar-refractivity contribution in [2.75, 3.05) is 13.2 Å². The number of aryl methyl sites for hydroxylation is 1. The summed E-state index contributed by atoms with van der Waals surface area (Å²) >= 11 is 0. The first-order chi connectivity index (χ1) is 13.5. The Hall–Kier alpha value is -2.94. The highest BCUT2D eigenvalue weighted by Gasteiger charge is 2.36. The molecule has 3 rings (SSSR count). The minimum absolute atomic E-state index is 0.131. The lowest BCUT2D eigenvalue weighted by Crippen LogP contribution is -2.53. The summed E-state index contributed by atoms with van der Waals surface area (Å²) in [6.45, 7) is 2.94. The van der Waals surface area contributed by atoms with Crippen molar-refractivity contribution in [2.24, 2.45) is 0 Å². The zero-order valence-electron chi connectivity index (χ0n) is 15.6. The molecule has 2 aromatic rings. The molecule has 2 heterocycles. The van der Waals surface area contributed by atoms with Crippen molar-refractivity contribution in [3.05, 3.63) is 41.5 Å². The van der Waals surface area contributed by atoms with Crippen molar-refractivity contribution in [1.29, 1.82) is 0 Å². The first-order valence-electron chi connectivity index (χ1n) is 9.16. The lowest BCUT2D eigenvalue weighted by Gasteiger charge is -2.36. The van der Waals surface area contributed by atoms with Crippen LogP contribution >= 0.6 is 0 Å². The van der Waals surface area contributed by atoms with E-state index in [1.807, 2.05) is 6.92 Å². The predicted molar refractivity (Wildman–Crippen MR) is 97.0 cm³/mol. The number of aromatic nitrogens is 2. The van der Waals surface area contributed by atoms with Gasteiger partial charge in [-0.3, -0.25) is 9.59 Å². The van der Waals surface area contributed by atoms with Crippen molar-refractivity contribution >= 4 is 11.9 Å². The van der Waals surface area contributed by atoms with Crippen LogP contribution in [0.5, 0.6) is 5.75 Å². The Labute approximate surface area is 162 Å². The van der Waals surface area contributed by atoms with Gasteiger partial charge < -0.3 is 24.4 Å². The van der Waals surface area contributed by atoms with Gasteiger partial charge in [0.15, 0.2) is 6.61 Å². The third kappa shape index (κ3) is 5.07. The first kappa shape index (κ1) is 19.8. The highest BCUT2D eigenvalue weighted by molar-refractivity contribution is 5.95. The summed E-state index contributed by atoms with van der Waals surface area (Å²) in [4.78, 5) is 28.0. The van der Waals surface area contributed by atoms with Crippen LogP contribution < -0.4 is 10.1 Å². The van der Waals surface area contributed by atoms with Gasteiger partial charge in [0, 0.05) is 25.2 Å². The number of carboxylic acid groups (broad SMARTS) is 1. The van der Waals surface area contributed by atoms with E-state index in [9.17, 15) is 14.7 Å². The summed E-state index contributed by atoms with van der Waals surface area (Å²) in [6, 6.07) is 6.60.